The molecule has 0 saturated heterocycles. The standard InChI is InChI=1S/C17H36O3S2/c1-3-5-6-7-8-9-10-11-13-16(21)14-12-15-17(4-2)22(18,19)20/h16-17,21H,3-15H2,1-2H3,(H,18,19,20). The van der Waals surface area contributed by atoms with Crippen LogP contribution < -0.4 is 0 Å². The molecule has 1 N–H and O–H groups in total. The third-order valence-corrected chi connectivity index (χ3v) is 6.26. The van der Waals surface area contributed by atoms with Crippen LogP contribution in [0.5, 0.6) is 0 Å². The van der Waals surface area contributed by atoms with Crippen LogP contribution in [0.2, 0.25) is 0 Å². The SMILES string of the molecule is CCCCCCCCCCC(S)CCCC(CC)S(=O)(=O)O. The number of rotatable bonds is 15. The fraction of sp³-hybridized carbons (Fsp3) is 1.00. The van der Waals surface area contributed by atoms with Gasteiger partial charge in [-0.1, -0.05) is 71.6 Å². The Morgan fingerprint density at radius 3 is 1.82 bits per heavy atom. The molecule has 0 aliphatic rings. The van der Waals surface area contributed by atoms with Crippen molar-refractivity contribution in [1.82, 2.24) is 0 Å². The van der Waals surface area contributed by atoms with Crippen molar-refractivity contribution in [2.45, 2.75) is 108 Å². The molecular weight excluding hydrogens is 316 g/mol. The molecule has 0 aromatic heterocycles. The van der Waals surface area contributed by atoms with Gasteiger partial charge in [-0.25, -0.2) is 0 Å². The highest BCUT2D eigenvalue weighted by atomic mass is 32.2. The van der Waals surface area contributed by atoms with Gasteiger partial charge in [0.15, 0.2) is 0 Å². The van der Waals surface area contributed by atoms with E-state index >= 15 is 0 Å². The lowest BCUT2D eigenvalue weighted by atomic mass is 10.0. The highest BCUT2D eigenvalue weighted by molar-refractivity contribution is 7.86. The van der Waals surface area contributed by atoms with Crippen molar-refractivity contribution in [3.05, 3.63) is 0 Å². The Kier molecular flexibility index (Phi) is 13.8. The average molecular weight is 353 g/mol. The zero-order valence-electron chi connectivity index (χ0n) is 14.5. The first-order chi connectivity index (χ1) is 10.4. The summed E-state index contributed by atoms with van der Waals surface area (Å²) in [5, 5.41) is -0.241. The largest absolute Gasteiger partial charge is 0.285 e. The predicted octanol–water partition coefficient (Wildman–Crippen LogP) is 5.65. The average Bonchev–Trinajstić information content (AvgIpc) is 2.45. The van der Waals surface area contributed by atoms with Crippen molar-refractivity contribution >= 4 is 22.7 Å². The van der Waals surface area contributed by atoms with Crippen molar-refractivity contribution in [2.24, 2.45) is 0 Å². The van der Waals surface area contributed by atoms with Crippen LogP contribution in [0.15, 0.2) is 0 Å². The quantitative estimate of drug-likeness (QED) is 0.227. The number of unbranched alkanes of at least 4 members (excludes halogenated alkanes) is 7. The third-order valence-electron chi connectivity index (χ3n) is 4.33. The van der Waals surface area contributed by atoms with Crippen LogP contribution in [0.1, 0.15) is 97.3 Å². The van der Waals surface area contributed by atoms with Crippen molar-refractivity contribution in [3.63, 3.8) is 0 Å². The lowest BCUT2D eigenvalue weighted by Gasteiger charge is -2.14. The summed E-state index contributed by atoms with van der Waals surface area (Å²) in [5.41, 5.74) is 0. The maximum atomic E-state index is 11.1. The van der Waals surface area contributed by atoms with Gasteiger partial charge in [-0.15, -0.1) is 0 Å². The van der Waals surface area contributed by atoms with Gasteiger partial charge < -0.3 is 0 Å². The van der Waals surface area contributed by atoms with Gasteiger partial charge in [0, 0.05) is 5.25 Å². The Morgan fingerprint density at radius 2 is 1.32 bits per heavy atom. The van der Waals surface area contributed by atoms with Crippen molar-refractivity contribution < 1.29 is 13.0 Å². The zero-order valence-corrected chi connectivity index (χ0v) is 16.2. The summed E-state index contributed by atoms with van der Waals surface area (Å²) in [4.78, 5) is 0. The maximum absolute atomic E-state index is 11.1. The van der Waals surface area contributed by atoms with Crippen LogP contribution in [0.25, 0.3) is 0 Å². The molecule has 0 aliphatic carbocycles. The van der Waals surface area contributed by atoms with E-state index in [9.17, 15) is 8.42 Å². The smallest absolute Gasteiger partial charge is 0.267 e. The molecule has 0 fully saturated rings. The Morgan fingerprint density at radius 1 is 0.818 bits per heavy atom. The first-order valence-corrected chi connectivity index (χ1v) is 11.1. The van der Waals surface area contributed by atoms with E-state index in [0.717, 1.165) is 19.3 Å². The van der Waals surface area contributed by atoms with Crippen LogP contribution in [0, 0.1) is 0 Å². The van der Waals surface area contributed by atoms with Gasteiger partial charge >= 0.3 is 0 Å². The third kappa shape index (κ3) is 12.8. The second-order valence-electron chi connectivity index (χ2n) is 6.39. The van der Waals surface area contributed by atoms with Gasteiger partial charge in [-0.2, -0.15) is 21.0 Å². The zero-order chi connectivity index (χ0) is 16.8. The second-order valence-corrected chi connectivity index (χ2v) is 8.82. The van der Waals surface area contributed by atoms with Crippen molar-refractivity contribution in [2.75, 3.05) is 0 Å². The second kappa shape index (κ2) is 13.7. The maximum Gasteiger partial charge on any atom is 0.267 e. The summed E-state index contributed by atoms with van der Waals surface area (Å²) < 4.78 is 31.3. The van der Waals surface area contributed by atoms with Crippen LogP contribution >= 0.6 is 12.6 Å². The monoisotopic (exact) mass is 352 g/mol. The van der Waals surface area contributed by atoms with Crippen LogP contribution in [0.4, 0.5) is 0 Å². The molecule has 0 saturated carbocycles. The van der Waals surface area contributed by atoms with E-state index in [1.165, 1.54) is 51.4 Å². The van der Waals surface area contributed by atoms with E-state index in [0.29, 0.717) is 18.1 Å². The molecule has 2 atom stereocenters. The molecule has 0 rings (SSSR count). The van der Waals surface area contributed by atoms with Crippen LogP contribution in [-0.2, 0) is 10.1 Å². The summed E-state index contributed by atoms with van der Waals surface area (Å²) in [6, 6.07) is 0. The molecule has 134 valence electrons. The Balaban J connectivity index is 3.52. The van der Waals surface area contributed by atoms with Gasteiger partial charge in [0.2, 0.25) is 0 Å². The molecule has 0 bridgehead atoms. The highest BCUT2D eigenvalue weighted by Crippen LogP contribution is 2.19. The van der Waals surface area contributed by atoms with E-state index < -0.39 is 15.4 Å². The fourth-order valence-electron chi connectivity index (χ4n) is 2.80. The molecule has 0 radical (unpaired) electrons. The molecule has 0 aliphatic heterocycles. The summed E-state index contributed by atoms with van der Waals surface area (Å²) in [6.07, 6.45) is 14.5. The highest BCUT2D eigenvalue weighted by Gasteiger charge is 2.20. The summed E-state index contributed by atoms with van der Waals surface area (Å²) in [5.74, 6) is 0. The normalized spacial score (nSPS) is 14.9. The number of hydrogen-bond acceptors (Lipinski definition) is 3. The lowest BCUT2D eigenvalue weighted by molar-refractivity contribution is 0.453. The predicted molar refractivity (Wildman–Crippen MR) is 99.5 cm³/mol. The molecule has 5 heteroatoms. The number of hydrogen-bond donors (Lipinski definition) is 2. The molecule has 0 aromatic rings. The van der Waals surface area contributed by atoms with Crippen molar-refractivity contribution in [3.8, 4) is 0 Å². The summed E-state index contributed by atoms with van der Waals surface area (Å²) in [7, 11) is -3.87. The van der Waals surface area contributed by atoms with E-state index in [2.05, 4.69) is 19.6 Å². The molecule has 0 spiro atoms. The fourth-order valence-corrected chi connectivity index (χ4v) is 4.05. The van der Waals surface area contributed by atoms with Crippen LogP contribution in [-0.4, -0.2) is 23.5 Å². The Bertz CT molecular complexity index is 342. The minimum atomic E-state index is -3.87. The molecular formula is C17H36O3S2. The topological polar surface area (TPSA) is 54.4 Å². The van der Waals surface area contributed by atoms with E-state index in [4.69, 9.17) is 4.55 Å². The summed E-state index contributed by atoms with van der Waals surface area (Å²) in [6.45, 7) is 4.04. The minimum absolute atomic E-state index is 0.360. The van der Waals surface area contributed by atoms with Gasteiger partial charge in [-0.05, 0) is 25.7 Å². The van der Waals surface area contributed by atoms with Gasteiger partial charge in [0.25, 0.3) is 10.1 Å². The van der Waals surface area contributed by atoms with Crippen LogP contribution in [0.3, 0.4) is 0 Å². The van der Waals surface area contributed by atoms with E-state index in [-0.39, 0.29) is 0 Å². The molecule has 22 heavy (non-hydrogen) atoms. The first-order valence-electron chi connectivity index (χ1n) is 9.06. The Hall–Kier alpha value is 0.260. The summed E-state index contributed by atoms with van der Waals surface area (Å²) >= 11 is 4.59. The minimum Gasteiger partial charge on any atom is -0.285 e. The molecule has 3 nitrogen and oxygen atoms in total. The van der Waals surface area contributed by atoms with Gasteiger partial charge in [-0.3, -0.25) is 4.55 Å². The van der Waals surface area contributed by atoms with Gasteiger partial charge in [0.1, 0.15) is 0 Å². The molecule has 0 amide bonds. The van der Waals surface area contributed by atoms with E-state index in [1.54, 1.807) is 6.92 Å². The Labute approximate surface area is 143 Å². The molecule has 0 heterocycles. The van der Waals surface area contributed by atoms with Crippen molar-refractivity contribution in [1.29, 1.82) is 0 Å². The number of thiol groups is 1. The lowest BCUT2D eigenvalue weighted by Crippen LogP contribution is -2.19. The molecule has 2 unspecified atom stereocenters. The van der Waals surface area contributed by atoms with Gasteiger partial charge in [0.05, 0.1) is 5.25 Å². The molecule has 0 aromatic carbocycles. The first kappa shape index (κ1) is 22.3. The van der Waals surface area contributed by atoms with E-state index in [1.807, 2.05) is 0 Å².